The largest absolute Gasteiger partial charge is 0.396 e. The fourth-order valence-electron chi connectivity index (χ4n) is 3.14. The molecule has 0 spiro atoms. The summed E-state index contributed by atoms with van der Waals surface area (Å²) < 4.78 is 0. The van der Waals surface area contributed by atoms with Gasteiger partial charge in [-0.25, -0.2) is 0 Å². The lowest BCUT2D eigenvalue weighted by Gasteiger charge is -2.34. The van der Waals surface area contributed by atoms with Crippen molar-refractivity contribution in [2.24, 2.45) is 5.92 Å². The van der Waals surface area contributed by atoms with Crippen molar-refractivity contribution in [1.82, 2.24) is 10.2 Å². The molecule has 88 valence electrons. The Balaban J connectivity index is 1.82. The van der Waals surface area contributed by atoms with Crippen LogP contribution in [0, 0.1) is 5.92 Å². The van der Waals surface area contributed by atoms with Crippen LogP contribution in [0.5, 0.6) is 0 Å². The summed E-state index contributed by atoms with van der Waals surface area (Å²) in [5.41, 5.74) is 0. The minimum absolute atomic E-state index is 0.339. The highest BCUT2D eigenvalue weighted by Gasteiger charge is 2.31. The fourth-order valence-corrected chi connectivity index (χ4v) is 3.14. The minimum atomic E-state index is 0.339. The number of aliphatic hydroxyl groups excluding tert-OH is 1. The average molecular weight is 212 g/mol. The van der Waals surface area contributed by atoms with Gasteiger partial charge in [-0.15, -0.1) is 0 Å². The van der Waals surface area contributed by atoms with E-state index < -0.39 is 0 Å². The second-order valence-corrected chi connectivity index (χ2v) is 4.93. The van der Waals surface area contributed by atoms with Crippen LogP contribution in [0.25, 0.3) is 0 Å². The standard InChI is InChI=1S/C12H24N2O/c15-9-3-8-14-7-2-5-12(14)11-4-1-6-13-10-11/h11-13,15H,1-10H2. The van der Waals surface area contributed by atoms with Crippen molar-refractivity contribution in [3.8, 4) is 0 Å². The molecule has 0 saturated carbocycles. The van der Waals surface area contributed by atoms with Crippen LogP contribution in [0.2, 0.25) is 0 Å². The monoisotopic (exact) mass is 212 g/mol. The number of piperidine rings is 1. The molecule has 2 heterocycles. The average Bonchev–Trinajstić information content (AvgIpc) is 2.75. The summed E-state index contributed by atoms with van der Waals surface area (Å²) in [6.45, 7) is 5.10. The Morgan fingerprint density at radius 2 is 2.20 bits per heavy atom. The first-order valence-electron chi connectivity index (χ1n) is 6.47. The van der Waals surface area contributed by atoms with Gasteiger partial charge < -0.3 is 10.4 Å². The zero-order valence-corrected chi connectivity index (χ0v) is 9.62. The molecular formula is C12H24N2O. The van der Waals surface area contributed by atoms with Crippen LogP contribution < -0.4 is 5.32 Å². The maximum Gasteiger partial charge on any atom is 0.0443 e. The summed E-state index contributed by atoms with van der Waals surface area (Å²) >= 11 is 0. The number of hydrogen-bond acceptors (Lipinski definition) is 3. The van der Waals surface area contributed by atoms with Crippen LogP contribution in [-0.4, -0.2) is 48.8 Å². The number of nitrogens with zero attached hydrogens (tertiary/aromatic N) is 1. The van der Waals surface area contributed by atoms with E-state index in [9.17, 15) is 0 Å². The number of aliphatic hydroxyl groups is 1. The first-order chi connectivity index (χ1) is 7.42. The molecule has 15 heavy (non-hydrogen) atoms. The zero-order chi connectivity index (χ0) is 10.5. The number of rotatable bonds is 4. The van der Waals surface area contributed by atoms with Gasteiger partial charge in [0.25, 0.3) is 0 Å². The predicted molar refractivity (Wildman–Crippen MR) is 61.9 cm³/mol. The topological polar surface area (TPSA) is 35.5 Å². The van der Waals surface area contributed by atoms with E-state index in [1.165, 1.54) is 45.3 Å². The summed E-state index contributed by atoms with van der Waals surface area (Å²) in [7, 11) is 0. The second-order valence-electron chi connectivity index (χ2n) is 4.93. The summed E-state index contributed by atoms with van der Waals surface area (Å²) in [4.78, 5) is 2.61. The highest BCUT2D eigenvalue weighted by molar-refractivity contribution is 4.87. The molecule has 2 aliphatic rings. The van der Waals surface area contributed by atoms with Gasteiger partial charge in [0.15, 0.2) is 0 Å². The van der Waals surface area contributed by atoms with Gasteiger partial charge in [0.05, 0.1) is 0 Å². The van der Waals surface area contributed by atoms with Gasteiger partial charge in [0.1, 0.15) is 0 Å². The van der Waals surface area contributed by atoms with E-state index in [1.54, 1.807) is 0 Å². The van der Waals surface area contributed by atoms with Crippen LogP contribution >= 0.6 is 0 Å². The third-order valence-electron chi connectivity index (χ3n) is 3.90. The molecule has 2 aliphatic heterocycles. The van der Waals surface area contributed by atoms with E-state index in [4.69, 9.17) is 5.11 Å². The Bertz CT molecular complexity index is 180. The zero-order valence-electron chi connectivity index (χ0n) is 9.62. The van der Waals surface area contributed by atoms with Crippen LogP contribution in [0.1, 0.15) is 32.1 Å². The predicted octanol–water partition coefficient (Wildman–Crippen LogP) is 0.833. The summed E-state index contributed by atoms with van der Waals surface area (Å²) in [5.74, 6) is 0.861. The van der Waals surface area contributed by atoms with E-state index in [-0.39, 0.29) is 0 Å². The number of hydrogen-bond donors (Lipinski definition) is 2. The lowest BCUT2D eigenvalue weighted by molar-refractivity contribution is 0.152. The molecule has 0 aromatic heterocycles. The summed E-state index contributed by atoms with van der Waals surface area (Å²) in [6.07, 6.45) is 6.41. The molecule has 0 aliphatic carbocycles. The maximum atomic E-state index is 8.88. The van der Waals surface area contributed by atoms with Crippen molar-refractivity contribution in [3.63, 3.8) is 0 Å². The van der Waals surface area contributed by atoms with E-state index in [1.807, 2.05) is 0 Å². The molecule has 2 fully saturated rings. The molecule has 0 aromatic rings. The lowest BCUT2D eigenvalue weighted by Crippen LogP contribution is -2.43. The molecule has 3 heteroatoms. The summed E-state index contributed by atoms with van der Waals surface area (Å²) in [5, 5.41) is 12.4. The quantitative estimate of drug-likeness (QED) is 0.724. The molecule has 3 nitrogen and oxygen atoms in total. The Morgan fingerprint density at radius 3 is 2.93 bits per heavy atom. The van der Waals surface area contributed by atoms with Crippen LogP contribution in [-0.2, 0) is 0 Å². The lowest BCUT2D eigenvalue weighted by atomic mass is 9.90. The van der Waals surface area contributed by atoms with Crippen LogP contribution in [0.3, 0.4) is 0 Å². The van der Waals surface area contributed by atoms with Crippen molar-refractivity contribution in [1.29, 1.82) is 0 Å². The SMILES string of the molecule is OCCCN1CCCC1C1CCCNC1. The minimum Gasteiger partial charge on any atom is -0.396 e. The highest BCUT2D eigenvalue weighted by Crippen LogP contribution is 2.27. The van der Waals surface area contributed by atoms with Gasteiger partial charge in [-0.2, -0.15) is 0 Å². The molecule has 0 bridgehead atoms. The van der Waals surface area contributed by atoms with Crippen molar-refractivity contribution in [2.75, 3.05) is 32.8 Å². The molecule has 2 N–H and O–H groups in total. The molecule has 0 amide bonds. The van der Waals surface area contributed by atoms with Gasteiger partial charge in [-0.1, -0.05) is 0 Å². The normalized spacial score (nSPS) is 33.4. The molecule has 2 unspecified atom stereocenters. The Labute approximate surface area is 92.8 Å². The molecule has 2 rings (SSSR count). The van der Waals surface area contributed by atoms with E-state index in [0.717, 1.165) is 24.9 Å². The van der Waals surface area contributed by atoms with Gasteiger partial charge in [0, 0.05) is 19.2 Å². The van der Waals surface area contributed by atoms with Crippen molar-refractivity contribution >= 4 is 0 Å². The van der Waals surface area contributed by atoms with Gasteiger partial charge in [0.2, 0.25) is 0 Å². The molecule has 2 atom stereocenters. The van der Waals surface area contributed by atoms with Crippen LogP contribution in [0.4, 0.5) is 0 Å². The number of likely N-dealkylation sites (tertiary alicyclic amines) is 1. The molecule has 2 saturated heterocycles. The Morgan fingerprint density at radius 1 is 1.27 bits per heavy atom. The van der Waals surface area contributed by atoms with E-state index >= 15 is 0 Å². The Kier molecular flexibility index (Phi) is 4.42. The molecular weight excluding hydrogens is 188 g/mol. The van der Waals surface area contributed by atoms with Gasteiger partial charge in [-0.3, -0.25) is 4.90 Å². The van der Waals surface area contributed by atoms with E-state index in [0.29, 0.717) is 6.61 Å². The molecule has 0 radical (unpaired) electrons. The fraction of sp³-hybridized carbons (Fsp3) is 1.00. The van der Waals surface area contributed by atoms with Gasteiger partial charge in [-0.05, 0) is 57.7 Å². The van der Waals surface area contributed by atoms with E-state index in [2.05, 4.69) is 10.2 Å². The highest BCUT2D eigenvalue weighted by atomic mass is 16.3. The maximum absolute atomic E-state index is 8.88. The summed E-state index contributed by atoms with van der Waals surface area (Å²) in [6, 6.07) is 0.796. The van der Waals surface area contributed by atoms with Crippen molar-refractivity contribution in [2.45, 2.75) is 38.1 Å². The van der Waals surface area contributed by atoms with Crippen LogP contribution in [0.15, 0.2) is 0 Å². The van der Waals surface area contributed by atoms with Crippen molar-refractivity contribution in [3.05, 3.63) is 0 Å². The smallest absolute Gasteiger partial charge is 0.0443 e. The second kappa shape index (κ2) is 5.83. The number of nitrogens with one attached hydrogen (secondary N) is 1. The van der Waals surface area contributed by atoms with Gasteiger partial charge >= 0.3 is 0 Å². The third-order valence-corrected chi connectivity index (χ3v) is 3.90. The van der Waals surface area contributed by atoms with Crippen molar-refractivity contribution < 1.29 is 5.11 Å². The first-order valence-corrected chi connectivity index (χ1v) is 6.47. The third kappa shape index (κ3) is 2.92. The molecule has 0 aromatic carbocycles. The first kappa shape index (κ1) is 11.4. The Hall–Kier alpha value is -0.120.